The summed E-state index contributed by atoms with van der Waals surface area (Å²) in [6.45, 7) is 2.98. The molecular formula is C14H17ClN2S. The number of hydrogen-bond donors (Lipinski definition) is 1. The van der Waals surface area contributed by atoms with E-state index in [4.69, 9.17) is 11.6 Å². The van der Waals surface area contributed by atoms with E-state index in [1.54, 1.807) is 6.20 Å². The highest BCUT2D eigenvalue weighted by Gasteiger charge is 2.10. The molecule has 1 heterocycles. The van der Waals surface area contributed by atoms with Crippen molar-refractivity contribution in [2.24, 2.45) is 0 Å². The summed E-state index contributed by atoms with van der Waals surface area (Å²) >= 11 is 7.42. The lowest BCUT2D eigenvalue weighted by molar-refractivity contribution is 0.493. The Morgan fingerprint density at radius 1 is 1.33 bits per heavy atom. The summed E-state index contributed by atoms with van der Waals surface area (Å²) in [5.41, 5.74) is 1.34. The molecule has 0 bridgehead atoms. The van der Waals surface area contributed by atoms with Crippen molar-refractivity contribution >= 4 is 22.9 Å². The first-order valence-corrected chi connectivity index (χ1v) is 7.37. The summed E-state index contributed by atoms with van der Waals surface area (Å²) in [5.74, 6) is 0. The molecule has 0 amide bonds. The molecule has 2 rings (SSSR count). The zero-order valence-electron chi connectivity index (χ0n) is 10.4. The molecule has 1 atom stereocenters. The van der Waals surface area contributed by atoms with Gasteiger partial charge in [0.15, 0.2) is 0 Å². The van der Waals surface area contributed by atoms with Crippen LogP contribution in [0.4, 0.5) is 0 Å². The van der Waals surface area contributed by atoms with Gasteiger partial charge in [-0.2, -0.15) is 0 Å². The van der Waals surface area contributed by atoms with Crippen molar-refractivity contribution in [3.05, 3.63) is 51.4 Å². The van der Waals surface area contributed by atoms with E-state index in [1.165, 1.54) is 16.9 Å². The van der Waals surface area contributed by atoms with E-state index in [1.807, 2.05) is 6.07 Å². The highest BCUT2D eigenvalue weighted by molar-refractivity contribution is 7.15. The molecule has 0 saturated carbocycles. The van der Waals surface area contributed by atoms with Crippen molar-refractivity contribution in [1.82, 2.24) is 10.3 Å². The number of nitrogens with zero attached hydrogens (tertiary/aromatic N) is 1. The number of hydrogen-bond acceptors (Lipinski definition) is 3. The fourth-order valence-electron chi connectivity index (χ4n) is 1.94. The number of rotatable bonds is 6. The van der Waals surface area contributed by atoms with Crippen LogP contribution in [-0.2, 0) is 6.54 Å². The maximum absolute atomic E-state index is 5.88. The first kappa shape index (κ1) is 13.5. The van der Waals surface area contributed by atoms with E-state index in [-0.39, 0.29) is 0 Å². The topological polar surface area (TPSA) is 24.9 Å². The van der Waals surface area contributed by atoms with Gasteiger partial charge in [0.05, 0.1) is 6.20 Å². The molecule has 18 heavy (non-hydrogen) atoms. The molecule has 1 aromatic carbocycles. The Balaban J connectivity index is 1.98. The Bertz CT molecular complexity index is 470. The van der Waals surface area contributed by atoms with Crippen molar-refractivity contribution in [3.63, 3.8) is 0 Å². The van der Waals surface area contributed by atoms with Crippen molar-refractivity contribution in [1.29, 1.82) is 0 Å². The van der Waals surface area contributed by atoms with Gasteiger partial charge in [0.1, 0.15) is 9.34 Å². The van der Waals surface area contributed by atoms with Gasteiger partial charge in [-0.25, -0.2) is 4.98 Å². The first-order chi connectivity index (χ1) is 8.79. The van der Waals surface area contributed by atoms with Gasteiger partial charge in [-0.3, -0.25) is 0 Å². The predicted molar refractivity (Wildman–Crippen MR) is 78.1 cm³/mol. The smallest absolute Gasteiger partial charge is 0.113 e. The Labute approximate surface area is 117 Å². The van der Waals surface area contributed by atoms with Crippen molar-refractivity contribution < 1.29 is 0 Å². The highest BCUT2D eigenvalue weighted by Crippen LogP contribution is 2.21. The van der Waals surface area contributed by atoms with Gasteiger partial charge < -0.3 is 5.32 Å². The molecular weight excluding hydrogens is 264 g/mol. The molecule has 96 valence electrons. The summed E-state index contributed by atoms with van der Waals surface area (Å²) in [6.07, 6.45) is 3.99. The minimum absolute atomic E-state index is 0.388. The standard InChI is InChI=1S/C14H17ClN2S/c1-2-6-12(11-7-4-3-5-8-11)16-10-14-17-9-13(15)18-14/h3-5,7-9,12,16H,2,6,10H2,1H3. The van der Waals surface area contributed by atoms with Gasteiger partial charge >= 0.3 is 0 Å². The zero-order chi connectivity index (χ0) is 12.8. The minimum atomic E-state index is 0.388. The fraction of sp³-hybridized carbons (Fsp3) is 0.357. The maximum Gasteiger partial charge on any atom is 0.113 e. The second-order valence-corrected chi connectivity index (χ2v) is 5.94. The van der Waals surface area contributed by atoms with E-state index in [0.717, 1.165) is 28.7 Å². The van der Waals surface area contributed by atoms with Gasteiger partial charge in [-0.15, -0.1) is 11.3 Å². The van der Waals surface area contributed by atoms with Gasteiger partial charge in [-0.05, 0) is 12.0 Å². The largest absolute Gasteiger partial charge is 0.304 e. The van der Waals surface area contributed by atoms with E-state index in [9.17, 15) is 0 Å². The molecule has 4 heteroatoms. The van der Waals surface area contributed by atoms with E-state index in [2.05, 4.69) is 41.5 Å². The average Bonchev–Trinajstić information content (AvgIpc) is 2.81. The lowest BCUT2D eigenvalue weighted by atomic mass is 10.0. The van der Waals surface area contributed by atoms with Crippen LogP contribution < -0.4 is 5.32 Å². The van der Waals surface area contributed by atoms with Crippen LogP contribution in [-0.4, -0.2) is 4.98 Å². The Hall–Kier alpha value is -0.900. The van der Waals surface area contributed by atoms with E-state index < -0.39 is 0 Å². The lowest BCUT2D eigenvalue weighted by Crippen LogP contribution is -2.20. The minimum Gasteiger partial charge on any atom is -0.304 e. The second kappa shape index (κ2) is 6.88. The first-order valence-electron chi connectivity index (χ1n) is 6.18. The zero-order valence-corrected chi connectivity index (χ0v) is 12.0. The monoisotopic (exact) mass is 280 g/mol. The third-order valence-corrected chi connectivity index (χ3v) is 3.92. The van der Waals surface area contributed by atoms with E-state index in [0.29, 0.717) is 6.04 Å². The Morgan fingerprint density at radius 2 is 2.11 bits per heavy atom. The molecule has 0 spiro atoms. The van der Waals surface area contributed by atoms with Crippen LogP contribution in [0.3, 0.4) is 0 Å². The van der Waals surface area contributed by atoms with Crippen LogP contribution in [0, 0.1) is 0 Å². The maximum atomic E-state index is 5.88. The van der Waals surface area contributed by atoms with Crippen molar-refractivity contribution in [2.75, 3.05) is 0 Å². The summed E-state index contributed by atoms with van der Waals surface area (Å²) < 4.78 is 0.749. The van der Waals surface area contributed by atoms with Crippen molar-refractivity contribution in [3.8, 4) is 0 Å². The number of halogens is 1. The van der Waals surface area contributed by atoms with Gasteiger partial charge in [0, 0.05) is 12.6 Å². The molecule has 0 saturated heterocycles. The summed E-state index contributed by atoms with van der Waals surface area (Å²) in [5, 5.41) is 4.59. The molecule has 0 aliphatic heterocycles. The van der Waals surface area contributed by atoms with Gasteiger partial charge in [-0.1, -0.05) is 55.3 Å². The van der Waals surface area contributed by atoms with Crippen LogP contribution in [0.1, 0.15) is 36.4 Å². The second-order valence-electron chi connectivity index (χ2n) is 4.19. The molecule has 1 N–H and O–H groups in total. The Kier molecular flexibility index (Phi) is 5.17. The summed E-state index contributed by atoms with van der Waals surface area (Å²) in [6, 6.07) is 10.9. The molecule has 1 unspecified atom stereocenters. The van der Waals surface area contributed by atoms with E-state index >= 15 is 0 Å². The van der Waals surface area contributed by atoms with Crippen LogP contribution in [0.25, 0.3) is 0 Å². The third kappa shape index (κ3) is 3.80. The summed E-state index contributed by atoms with van der Waals surface area (Å²) in [7, 11) is 0. The Morgan fingerprint density at radius 3 is 2.72 bits per heavy atom. The molecule has 1 aromatic heterocycles. The number of benzene rings is 1. The quantitative estimate of drug-likeness (QED) is 0.847. The molecule has 2 nitrogen and oxygen atoms in total. The van der Waals surface area contributed by atoms with Gasteiger partial charge in [0.2, 0.25) is 0 Å². The van der Waals surface area contributed by atoms with Crippen LogP contribution >= 0.6 is 22.9 Å². The molecule has 0 aliphatic rings. The van der Waals surface area contributed by atoms with Gasteiger partial charge in [0.25, 0.3) is 0 Å². The third-order valence-electron chi connectivity index (χ3n) is 2.80. The van der Waals surface area contributed by atoms with Crippen LogP contribution in [0.2, 0.25) is 4.34 Å². The SMILES string of the molecule is CCCC(NCc1ncc(Cl)s1)c1ccccc1. The molecule has 0 fully saturated rings. The van der Waals surface area contributed by atoms with Crippen LogP contribution in [0.15, 0.2) is 36.5 Å². The highest BCUT2D eigenvalue weighted by atomic mass is 35.5. The summed E-state index contributed by atoms with van der Waals surface area (Å²) in [4.78, 5) is 4.27. The fourth-order valence-corrected chi connectivity index (χ4v) is 2.85. The molecule has 0 radical (unpaired) electrons. The number of aromatic nitrogens is 1. The van der Waals surface area contributed by atoms with Crippen molar-refractivity contribution in [2.45, 2.75) is 32.4 Å². The predicted octanol–water partition coefficient (Wildman–Crippen LogP) is 4.43. The normalized spacial score (nSPS) is 12.6. The number of nitrogens with one attached hydrogen (secondary N) is 1. The average molecular weight is 281 g/mol. The lowest BCUT2D eigenvalue weighted by Gasteiger charge is -2.17. The number of thiazole rings is 1. The molecule has 2 aromatic rings. The molecule has 0 aliphatic carbocycles. The van der Waals surface area contributed by atoms with Crippen LogP contribution in [0.5, 0.6) is 0 Å².